The zero-order valence-corrected chi connectivity index (χ0v) is 27.7. The number of carbonyl (C=O) groups is 2. The maximum atomic E-state index is 12.4. The smallest absolute Gasteiger partial charge is 0.158 e. The topological polar surface area (TPSA) is 34.1 Å². The van der Waals surface area contributed by atoms with E-state index >= 15 is 0 Å². The van der Waals surface area contributed by atoms with Crippen LogP contribution in [0.1, 0.15) is 94.9 Å². The van der Waals surface area contributed by atoms with Crippen molar-refractivity contribution in [3.8, 4) is 0 Å². The fraction of sp³-hybridized carbons (Fsp3) is 0.400. The van der Waals surface area contributed by atoms with Crippen LogP contribution in [0.4, 0.5) is 0 Å². The lowest BCUT2D eigenvalue weighted by Gasteiger charge is -2.32. The van der Waals surface area contributed by atoms with Crippen molar-refractivity contribution in [3.63, 3.8) is 0 Å². The fourth-order valence-electron chi connectivity index (χ4n) is 5.31. The van der Waals surface area contributed by atoms with Crippen LogP contribution in [-0.4, -0.2) is 11.6 Å². The summed E-state index contributed by atoms with van der Waals surface area (Å²) in [6.45, 7) is 20.9. The Morgan fingerprint density at radius 2 is 1.05 bits per heavy atom. The number of rotatable bonds is 10. The molecule has 2 aliphatic rings. The number of hydrogen-bond acceptors (Lipinski definition) is 2. The lowest BCUT2D eigenvalue weighted by molar-refractivity contribution is -0.125. The van der Waals surface area contributed by atoms with Crippen molar-refractivity contribution in [2.45, 2.75) is 94.9 Å². The van der Waals surface area contributed by atoms with E-state index in [0.29, 0.717) is 18.6 Å². The number of carbonyl (C=O) groups excluding carboxylic acids is 2. The number of Topliss-reactive ketones (excluding diaryl/α,β-unsaturated/α-hetero) is 2. The number of allylic oxidation sites excluding steroid dienone is 22. The van der Waals surface area contributed by atoms with Gasteiger partial charge in [-0.1, -0.05) is 127 Å². The molecule has 0 saturated heterocycles. The molecule has 0 heterocycles. The van der Waals surface area contributed by atoms with Crippen molar-refractivity contribution in [3.05, 3.63) is 130 Å². The van der Waals surface area contributed by atoms with E-state index in [9.17, 15) is 9.59 Å². The zero-order chi connectivity index (χ0) is 31.5. The second-order valence-corrected chi connectivity index (χ2v) is 13.0. The van der Waals surface area contributed by atoms with Crippen molar-refractivity contribution in [2.24, 2.45) is 10.8 Å². The minimum atomic E-state index is -0.400. The molecule has 0 aromatic carbocycles. The lowest BCUT2D eigenvalue weighted by Crippen LogP contribution is -2.30. The van der Waals surface area contributed by atoms with Crippen LogP contribution in [0.15, 0.2) is 130 Å². The minimum Gasteiger partial charge on any atom is -0.299 e. The molecule has 0 saturated carbocycles. The van der Waals surface area contributed by atoms with Gasteiger partial charge in [-0.2, -0.15) is 0 Å². The molecule has 0 atom stereocenters. The first-order valence-electron chi connectivity index (χ1n) is 15.2. The Hall–Kier alpha value is -3.52. The highest BCUT2D eigenvalue weighted by atomic mass is 16.1. The average molecular weight is 565 g/mol. The van der Waals surface area contributed by atoms with Gasteiger partial charge in [0.2, 0.25) is 0 Å². The maximum absolute atomic E-state index is 12.4. The summed E-state index contributed by atoms with van der Waals surface area (Å²) in [6.07, 6.45) is 32.3. The molecule has 2 aliphatic carbocycles. The first-order valence-corrected chi connectivity index (χ1v) is 15.2. The van der Waals surface area contributed by atoms with Crippen LogP contribution in [0.2, 0.25) is 0 Å². The average Bonchev–Trinajstić information content (AvgIpc) is 2.91. The molecule has 0 unspecified atom stereocenters. The molecule has 0 amide bonds. The molecule has 2 rings (SSSR count). The highest BCUT2D eigenvalue weighted by Gasteiger charge is 2.34. The molecular formula is C40H52O2. The van der Waals surface area contributed by atoms with Crippen LogP contribution in [-0.2, 0) is 9.59 Å². The van der Waals surface area contributed by atoms with E-state index in [1.165, 1.54) is 5.57 Å². The van der Waals surface area contributed by atoms with Gasteiger partial charge >= 0.3 is 0 Å². The van der Waals surface area contributed by atoms with E-state index in [-0.39, 0.29) is 11.2 Å². The van der Waals surface area contributed by atoms with E-state index in [2.05, 4.69) is 134 Å². The molecule has 224 valence electrons. The molecule has 0 aromatic heterocycles. The van der Waals surface area contributed by atoms with Gasteiger partial charge in [0.15, 0.2) is 5.78 Å². The van der Waals surface area contributed by atoms with Crippen molar-refractivity contribution in [1.82, 2.24) is 0 Å². The Morgan fingerprint density at radius 1 is 0.595 bits per heavy atom. The quantitative estimate of drug-likeness (QED) is 0.247. The third-order valence-corrected chi connectivity index (χ3v) is 8.38. The van der Waals surface area contributed by atoms with Crippen LogP contribution in [0, 0.1) is 10.8 Å². The van der Waals surface area contributed by atoms with E-state index in [4.69, 9.17) is 0 Å². The van der Waals surface area contributed by atoms with Crippen LogP contribution >= 0.6 is 0 Å². The Labute approximate surface area is 256 Å². The summed E-state index contributed by atoms with van der Waals surface area (Å²) in [5.41, 5.74) is 8.79. The van der Waals surface area contributed by atoms with Gasteiger partial charge in [-0.25, -0.2) is 0 Å². The molecular weight excluding hydrogens is 512 g/mol. The summed E-state index contributed by atoms with van der Waals surface area (Å²) < 4.78 is 0. The Kier molecular flexibility index (Phi) is 12.9. The van der Waals surface area contributed by atoms with Gasteiger partial charge in [0, 0.05) is 18.3 Å². The van der Waals surface area contributed by atoms with Crippen molar-refractivity contribution in [2.75, 3.05) is 0 Å². The van der Waals surface area contributed by atoms with Crippen molar-refractivity contribution >= 4 is 11.6 Å². The summed E-state index contributed by atoms with van der Waals surface area (Å²) in [5.74, 6) is 0.597. The Balaban J connectivity index is 1.92. The van der Waals surface area contributed by atoms with Gasteiger partial charge in [-0.15, -0.1) is 0 Å². The molecule has 2 nitrogen and oxygen atoms in total. The molecule has 0 bridgehead atoms. The summed E-state index contributed by atoms with van der Waals surface area (Å²) >= 11 is 0. The Bertz CT molecular complexity index is 1380. The summed E-state index contributed by atoms with van der Waals surface area (Å²) in [4.78, 5) is 24.5. The van der Waals surface area contributed by atoms with Gasteiger partial charge in [-0.05, 0) is 90.4 Å². The highest BCUT2D eigenvalue weighted by molar-refractivity contribution is 5.97. The largest absolute Gasteiger partial charge is 0.299 e. The molecule has 2 heteroatoms. The van der Waals surface area contributed by atoms with Gasteiger partial charge in [0.25, 0.3) is 0 Å². The molecule has 0 aromatic rings. The summed E-state index contributed by atoms with van der Waals surface area (Å²) in [6, 6.07) is 0. The second-order valence-electron chi connectivity index (χ2n) is 13.0. The van der Waals surface area contributed by atoms with E-state index in [1.54, 1.807) is 0 Å². The maximum Gasteiger partial charge on any atom is 0.158 e. The summed E-state index contributed by atoms with van der Waals surface area (Å²) in [5, 5.41) is 0. The predicted molar refractivity (Wildman–Crippen MR) is 182 cm³/mol. The first-order chi connectivity index (χ1) is 19.6. The molecule has 0 spiro atoms. The van der Waals surface area contributed by atoms with E-state index in [0.717, 1.165) is 51.9 Å². The standard InChI is InChI=1S/C40H52O2/c1-29(17-13-19-31(3)21-24-35-33(5)23-26-38(42)40(35,9)10)15-11-12-16-30(2)18-14-20-32(4)22-25-36-34(6)37(41)27-28-39(36,7)8/h11-22,24-25H,23,26-28H2,1-10H3/b12-11+,17-13+,18-14+,24-21+,25-22+,29-15+,30-16+,31-19+,32-20+. The Morgan fingerprint density at radius 3 is 1.57 bits per heavy atom. The van der Waals surface area contributed by atoms with Crippen LogP contribution in [0.3, 0.4) is 0 Å². The fourth-order valence-corrected chi connectivity index (χ4v) is 5.31. The minimum absolute atomic E-state index is 0.0404. The predicted octanol–water partition coefficient (Wildman–Crippen LogP) is 11.0. The lowest BCUT2D eigenvalue weighted by atomic mass is 9.71. The monoisotopic (exact) mass is 564 g/mol. The van der Waals surface area contributed by atoms with Crippen LogP contribution < -0.4 is 0 Å². The van der Waals surface area contributed by atoms with E-state index in [1.807, 2.05) is 20.8 Å². The molecule has 0 fully saturated rings. The summed E-state index contributed by atoms with van der Waals surface area (Å²) in [7, 11) is 0. The third-order valence-electron chi connectivity index (χ3n) is 8.38. The molecule has 0 aliphatic heterocycles. The SMILES string of the molecule is CC1=C(/C=C/C(C)=C/C=C/C(C)=C/C=C/C=C(C)/C=C/C=C(C)/C=C/C2=C(C)C(=O)CCC2(C)C)C(C)(C)C(=O)CC1. The van der Waals surface area contributed by atoms with Gasteiger partial charge in [0.05, 0.1) is 0 Å². The van der Waals surface area contributed by atoms with Crippen LogP contribution in [0.5, 0.6) is 0 Å². The van der Waals surface area contributed by atoms with Crippen molar-refractivity contribution < 1.29 is 9.59 Å². The normalized spacial score (nSPS) is 21.6. The van der Waals surface area contributed by atoms with Gasteiger partial charge in [0.1, 0.15) is 5.78 Å². The van der Waals surface area contributed by atoms with Crippen LogP contribution in [0.25, 0.3) is 0 Å². The van der Waals surface area contributed by atoms with Crippen molar-refractivity contribution in [1.29, 1.82) is 0 Å². The third kappa shape index (κ3) is 10.4. The second kappa shape index (κ2) is 15.6. The molecule has 42 heavy (non-hydrogen) atoms. The van der Waals surface area contributed by atoms with Gasteiger partial charge < -0.3 is 0 Å². The molecule has 0 N–H and O–H groups in total. The first kappa shape index (κ1) is 34.7. The zero-order valence-electron chi connectivity index (χ0n) is 27.7. The number of ketones is 2. The number of hydrogen-bond donors (Lipinski definition) is 0. The van der Waals surface area contributed by atoms with Gasteiger partial charge in [-0.3, -0.25) is 9.59 Å². The molecule has 0 radical (unpaired) electrons. The van der Waals surface area contributed by atoms with E-state index < -0.39 is 5.41 Å². The highest BCUT2D eigenvalue weighted by Crippen LogP contribution is 2.40.